The fourth-order valence-electron chi connectivity index (χ4n) is 3.43. The smallest absolute Gasteiger partial charge is 0.164 e. The van der Waals surface area contributed by atoms with Gasteiger partial charge in [0.2, 0.25) is 0 Å². The number of hydrogen-bond acceptors (Lipinski definition) is 4. The fraction of sp³-hybridized carbons (Fsp3) is 0.500. The molecule has 0 radical (unpaired) electrons. The molecular weight excluding hydrogens is 266 g/mol. The second-order valence-corrected chi connectivity index (χ2v) is 6.13. The van der Waals surface area contributed by atoms with Gasteiger partial charge in [0, 0.05) is 17.8 Å². The predicted octanol–water partition coefficient (Wildman–Crippen LogP) is 2.84. The van der Waals surface area contributed by atoms with Crippen LogP contribution in [-0.2, 0) is 9.47 Å². The van der Waals surface area contributed by atoms with Gasteiger partial charge in [-0.25, -0.2) is 9.97 Å². The summed E-state index contributed by atoms with van der Waals surface area (Å²) in [5.41, 5.74) is 2.25. The Morgan fingerprint density at radius 3 is 3.00 bits per heavy atom. The van der Waals surface area contributed by atoms with Gasteiger partial charge in [-0.15, -0.1) is 0 Å². The lowest BCUT2D eigenvalue weighted by atomic mass is 10.1. The van der Waals surface area contributed by atoms with Crippen molar-refractivity contribution in [3.8, 4) is 0 Å². The van der Waals surface area contributed by atoms with Crippen LogP contribution in [0.1, 0.15) is 33.2 Å². The first-order valence-corrected chi connectivity index (χ1v) is 7.42. The van der Waals surface area contributed by atoms with E-state index in [2.05, 4.69) is 33.7 Å². The summed E-state index contributed by atoms with van der Waals surface area (Å²) in [7, 11) is 0. The minimum Gasteiger partial charge on any atom is -0.342 e. The maximum absolute atomic E-state index is 6.15. The van der Waals surface area contributed by atoms with Gasteiger partial charge in [0.1, 0.15) is 24.2 Å². The molecule has 5 heteroatoms. The molecular formula is C16H19N3O2. The summed E-state index contributed by atoms with van der Waals surface area (Å²) in [5.74, 6) is -0.528. The molecule has 0 saturated carbocycles. The van der Waals surface area contributed by atoms with Crippen molar-refractivity contribution in [2.75, 3.05) is 0 Å². The molecule has 110 valence electrons. The van der Waals surface area contributed by atoms with Gasteiger partial charge in [-0.2, -0.15) is 0 Å². The van der Waals surface area contributed by atoms with Crippen molar-refractivity contribution in [1.29, 1.82) is 0 Å². The third-order valence-electron chi connectivity index (χ3n) is 4.32. The maximum Gasteiger partial charge on any atom is 0.164 e. The topological polar surface area (TPSA) is 49.2 Å². The van der Waals surface area contributed by atoms with Crippen LogP contribution in [0.15, 0.2) is 36.4 Å². The average Bonchev–Trinajstić information content (AvgIpc) is 3.09. The van der Waals surface area contributed by atoms with Crippen LogP contribution in [0, 0.1) is 0 Å². The van der Waals surface area contributed by atoms with E-state index in [1.807, 2.05) is 26.1 Å². The van der Waals surface area contributed by atoms with E-state index in [9.17, 15) is 0 Å². The Morgan fingerprint density at radius 1 is 1.33 bits per heavy atom. The molecule has 0 spiro atoms. The van der Waals surface area contributed by atoms with E-state index >= 15 is 0 Å². The van der Waals surface area contributed by atoms with E-state index in [-0.39, 0.29) is 18.2 Å². The van der Waals surface area contributed by atoms with Crippen molar-refractivity contribution in [2.24, 2.45) is 0 Å². The molecule has 3 atom stereocenters. The number of hydrogen-bond donors (Lipinski definition) is 0. The molecule has 0 N–H and O–H groups in total. The van der Waals surface area contributed by atoms with Crippen molar-refractivity contribution < 1.29 is 9.47 Å². The van der Waals surface area contributed by atoms with Crippen molar-refractivity contribution >= 4 is 11.0 Å². The van der Waals surface area contributed by atoms with Gasteiger partial charge >= 0.3 is 0 Å². The van der Waals surface area contributed by atoms with Gasteiger partial charge in [-0.1, -0.05) is 13.0 Å². The molecule has 2 aliphatic rings. The number of aromatic nitrogens is 3. The summed E-state index contributed by atoms with van der Waals surface area (Å²) < 4.78 is 14.4. The Labute approximate surface area is 123 Å². The van der Waals surface area contributed by atoms with Crippen LogP contribution in [0.3, 0.4) is 0 Å². The number of ether oxygens (including phenoxy) is 2. The lowest BCUT2D eigenvalue weighted by Crippen LogP contribution is -2.27. The molecule has 1 fully saturated rings. The Balaban J connectivity index is 1.79. The zero-order valence-corrected chi connectivity index (χ0v) is 12.5. The summed E-state index contributed by atoms with van der Waals surface area (Å²) in [5, 5.41) is 1.05. The lowest BCUT2D eigenvalue weighted by molar-refractivity contribution is -0.147. The van der Waals surface area contributed by atoms with Crippen LogP contribution in [0.25, 0.3) is 11.0 Å². The molecule has 3 heterocycles. The largest absolute Gasteiger partial charge is 0.342 e. The first-order valence-electron chi connectivity index (χ1n) is 7.42. The van der Waals surface area contributed by atoms with Gasteiger partial charge in [0.15, 0.2) is 5.79 Å². The molecule has 1 saturated heterocycles. The van der Waals surface area contributed by atoms with Crippen LogP contribution in [0.2, 0.25) is 0 Å². The normalized spacial score (nSPS) is 30.6. The van der Waals surface area contributed by atoms with Crippen LogP contribution >= 0.6 is 0 Å². The molecule has 2 aromatic heterocycles. The summed E-state index contributed by atoms with van der Waals surface area (Å²) >= 11 is 0. The molecule has 0 bridgehead atoms. The molecule has 0 unspecified atom stereocenters. The summed E-state index contributed by atoms with van der Waals surface area (Å²) in [4.78, 5) is 8.49. The van der Waals surface area contributed by atoms with Gasteiger partial charge in [0.05, 0.1) is 6.04 Å². The summed E-state index contributed by atoms with van der Waals surface area (Å²) in [6, 6.07) is 2.17. The molecule has 0 aromatic carbocycles. The average molecular weight is 285 g/mol. The summed E-state index contributed by atoms with van der Waals surface area (Å²) in [6.45, 7) is 6.12. The van der Waals surface area contributed by atoms with Crippen LogP contribution < -0.4 is 0 Å². The molecule has 21 heavy (non-hydrogen) atoms. The summed E-state index contributed by atoms with van der Waals surface area (Å²) in [6.07, 6.45) is 8.80. The standard InChI is InChI=1S/C16H19N3O2/c1-4-10-7-12(14-13(10)20-16(2,3)21-14)19-6-5-11-8-17-9-18-15(11)19/h5-9,12-14H,4H2,1-3H3/t12-,13-,14+/m1/s1. The van der Waals surface area contributed by atoms with Crippen molar-refractivity contribution in [3.05, 3.63) is 36.4 Å². The molecule has 2 aromatic rings. The highest BCUT2D eigenvalue weighted by Crippen LogP contribution is 2.44. The van der Waals surface area contributed by atoms with E-state index in [0.717, 1.165) is 17.5 Å². The van der Waals surface area contributed by atoms with Gasteiger partial charge in [-0.3, -0.25) is 0 Å². The van der Waals surface area contributed by atoms with Gasteiger partial charge < -0.3 is 14.0 Å². The van der Waals surface area contributed by atoms with Gasteiger partial charge in [0.25, 0.3) is 0 Å². The van der Waals surface area contributed by atoms with E-state index < -0.39 is 5.79 Å². The lowest BCUT2D eigenvalue weighted by Gasteiger charge is -2.22. The first-order chi connectivity index (χ1) is 10.1. The third-order valence-corrected chi connectivity index (χ3v) is 4.32. The van der Waals surface area contributed by atoms with E-state index in [0.29, 0.717) is 0 Å². The van der Waals surface area contributed by atoms with Gasteiger partial charge in [-0.05, 0) is 31.9 Å². The minimum absolute atomic E-state index is 0.0144. The molecule has 0 amide bonds. The predicted molar refractivity (Wildman–Crippen MR) is 78.8 cm³/mol. The Bertz CT molecular complexity index is 719. The zero-order valence-electron chi connectivity index (χ0n) is 12.5. The Kier molecular flexibility index (Phi) is 2.71. The molecule has 1 aliphatic heterocycles. The second-order valence-electron chi connectivity index (χ2n) is 6.13. The van der Waals surface area contributed by atoms with Crippen molar-refractivity contribution in [3.63, 3.8) is 0 Å². The van der Waals surface area contributed by atoms with Crippen LogP contribution in [-0.4, -0.2) is 32.5 Å². The number of nitrogens with zero attached hydrogens (tertiary/aromatic N) is 3. The van der Waals surface area contributed by atoms with E-state index in [1.54, 1.807) is 6.33 Å². The second kappa shape index (κ2) is 4.39. The SMILES string of the molecule is CCC1=C[C@@H](n2ccc3cncnc32)[C@@H]2OC(C)(C)O[C@H]12. The van der Waals surface area contributed by atoms with Crippen LogP contribution in [0.5, 0.6) is 0 Å². The quantitative estimate of drug-likeness (QED) is 0.796. The van der Waals surface area contributed by atoms with Crippen LogP contribution in [0.4, 0.5) is 0 Å². The third kappa shape index (κ3) is 1.92. The highest BCUT2D eigenvalue weighted by Gasteiger charge is 2.50. The Morgan fingerprint density at radius 2 is 2.19 bits per heavy atom. The minimum atomic E-state index is -0.528. The fourth-order valence-corrected chi connectivity index (χ4v) is 3.43. The molecule has 4 rings (SSSR count). The highest BCUT2D eigenvalue weighted by atomic mass is 16.8. The van der Waals surface area contributed by atoms with E-state index in [1.165, 1.54) is 5.57 Å². The molecule has 5 nitrogen and oxygen atoms in total. The van der Waals surface area contributed by atoms with Crippen molar-refractivity contribution in [1.82, 2.24) is 14.5 Å². The van der Waals surface area contributed by atoms with E-state index in [4.69, 9.17) is 9.47 Å². The Hall–Kier alpha value is -1.72. The first kappa shape index (κ1) is 13.0. The van der Waals surface area contributed by atoms with Crippen molar-refractivity contribution in [2.45, 2.75) is 51.2 Å². The molecule has 1 aliphatic carbocycles. The number of fused-ring (bicyclic) bond motifs is 2. The maximum atomic E-state index is 6.15. The number of rotatable bonds is 2. The highest BCUT2D eigenvalue weighted by molar-refractivity contribution is 5.75. The zero-order chi connectivity index (χ0) is 14.6. The monoisotopic (exact) mass is 285 g/mol.